The number of carboxylic acids is 1. The van der Waals surface area contributed by atoms with Crippen LogP contribution in [0.15, 0.2) is 28.6 Å². The van der Waals surface area contributed by atoms with Gasteiger partial charge in [-0.3, -0.25) is 4.72 Å². The van der Waals surface area contributed by atoms with Gasteiger partial charge >= 0.3 is 5.97 Å². The SMILES string of the molecule is COc1ccc(C(=O)O)cc1NS(=O)(=O)c1cnc(C2CC2)s1. The van der Waals surface area contributed by atoms with Crippen LogP contribution in [-0.2, 0) is 10.0 Å². The molecule has 2 N–H and O–H groups in total. The Morgan fingerprint density at radius 2 is 2.17 bits per heavy atom. The highest BCUT2D eigenvalue weighted by Gasteiger charge is 2.29. The third kappa shape index (κ3) is 3.30. The molecular weight excluding hydrogens is 340 g/mol. The molecule has 1 aromatic heterocycles. The van der Waals surface area contributed by atoms with Gasteiger partial charge in [0.25, 0.3) is 10.0 Å². The van der Waals surface area contributed by atoms with Crippen molar-refractivity contribution in [2.24, 2.45) is 0 Å². The Hall–Kier alpha value is -2.13. The Bertz CT molecular complexity index is 856. The number of nitrogens with one attached hydrogen (secondary N) is 1. The van der Waals surface area contributed by atoms with Crippen molar-refractivity contribution >= 4 is 33.0 Å². The monoisotopic (exact) mass is 354 g/mol. The predicted octanol–water partition coefficient (Wildman–Crippen LogP) is 2.53. The largest absolute Gasteiger partial charge is 0.495 e. The van der Waals surface area contributed by atoms with E-state index in [0.717, 1.165) is 29.2 Å². The van der Waals surface area contributed by atoms with Crippen molar-refractivity contribution in [1.82, 2.24) is 4.98 Å². The van der Waals surface area contributed by atoms with Crippen LogP contribution in [-0.4, -0.2) is 31.6 Å². The molecule has 1 aliphatic rings. The number of ether oxygens (including phenoxy) is 1. The molecule has 9 heteroatoms. The maximum absolute atomic E-state index is 12.5. The smallest absolute Gasteiger partial charge is 0.335 e. The summed E-state index contributed by atoms with van der Waals surface area (Å²) in [5.41, 5.74) is 0.0419. The van der Waals surface area contributed by atoms with Gasteiger partial charge in [0.05, 0.1) is 29.6 Å². The summed E-state index contributed by atoms with van der Waals surface area (Å²) < 4.78 is 32.5. The number of sulfonamides is 1. The minimum Gasteiger partial charge on any atom is -0.495 e. The van der Waals surface area contributed by atoms with E-state index in [0.29, 0.717) is 5.92 Å². The number of carbonyl (C=O) groups is 1. The van der Waals surface area contributed by atoms with Crippen LogP contribution < -0.4 is 9.46 Å². The fourth-order valence-corrected chi connectivity index (χ4v) is 4.41. The first-order valence-electron chi connectivity index (χ1n) is 6.80. The summed E-state index contributed by atoms with van der Waals surface area (Å²) in [5.74, 6) is -0.541. The molecule has 1 heterocycles. The number of anilines is 1. The molecule has 1 fully saturated rings. The van der Waals surface area contributed by atoms with Gasteiger partial charge in [-0.15, -0.1) is 11.3 Å². The molecule has 3 rings (SSSR count). The van der Waals surface area contributed by atoms with Crippen LogP contribution in [0.25, 0.3) is 0 Å². The first-order valence-corrected chi connectivity index (χ1v) is 9.10. The number of rotatable bonds is 6. The Balaban J connectivity index is 1.92. The van der Waals surface area contributed by atoms with Crippen LogP contribution in [0.5, 0.6) is 5.75 Å². The van der Waals surface area contributed by atoms with Crippen LogP contribution in [0.1, 0.15) is 34.1 Å². The van der Waals surface area contributed by atoms with Gasteiger partial charge in [-0.2, -0.15) is 0 Å². The molecule has 0 bridgehead atoms. The van der Waals surface area contributed by atoms with E-state index in [1.165, 1.54) is 31.5 Å². The fourth-order valence-electron chi connectivity index (χ4n) is 2.03. The minimum absolute atomic E-state index is 0.0357. The first kappa shape index (κ1) is 15.8. The van der Waals surface area contributed by atoms with Crippen molar-refractivity contribution in [2.45, 2.75) is 23.0 Å². The zero-order valence-electron chi connectivity index (χ0n) is 12.1. The summed E-state index contributed by atoms with van der Waals surface area (Å²) in [6, 6.07) is 3.97. The molecule has 1 aliphatic carbocycles. The Morgan fingerprint density at radius 3 is 2.78 bits per heavy atom. The highest BCUT2D eigenvalue weighted by molar-refractivity contribution is 7.94. The molecule has 1 aromatic carbocycles. The molecule has 23 heavy (non-hydrogen) atoms. The number of hydrogen-bond donors (Lipinski definition) is 2. The second-order valence-corrected chi connectivity index (χ2v) is 8.09. The van der Waals surface area contributed by atoms with Crippen molar-refractivity contribution in [1.29, 1.82) is 0 Å². The molecule has 0 unspecified atom stereocenters. The lowest BCUT2D eigenvalue weighted by atomic mass is 10.2. The quantitative estimate of drug-likeness (QED) is 0.826. The number of hydrogen-bond acceptors (Lipinski definition) is 6. The van der Waals surface area contributed by atoms with Gasteiger partial charge in [0.15, 0.2) is 4.21 Å². The van der Waals surface area contributed by atoms with E-state index < -0.39 is 16.0 Å². The number of aromatic nitrogens is 1. The number of aromatic carboxylic acids is 1. The van der Waals surface area contributed by atoms with Gasteiger partial charge < -0.3 is 9.84 Å². The van der Waals surface area contributed by atoms with Crippen molar-refractivity contribution < 1.29 is 23.1 Å². The van der Waals surface area contributed by atoms with E-state index in [9.17, 15) is 13.2 Å². The van der Waals surface area contributed by atoms with Crippen LogP contribution in [0.3, 0.4) is 0 Å². The third-order valence-electron chi connectivity index (χ3n) is 3.38. The number of thiazole rings is 1. The predicted molar refractivity (Wildman–Crippen MR) is 84.9 cm³/mol. The normalized spacial score (nSPS) is 14.5. The van der Waals surface area contributed by atoms with Crippen molar-refractivity contribution in [3.05, 3.63) is 35.0 Å². The fraction of sp³-hybridized carbons (Fsp3) is 0.286. The molecule has 7 nitrogen and oxygen atoms in total. The van der Waals surface area contributed by atoms with E-state index in [4.69, 9.17) is 9.84 Å². The molecule has 0 atom stereocenters. The summed E-state index contributed by atoms with van der Waals surface area (Å²) in [5, 5.41) is 9.85. The minimum atomic E-state index is -3.84. The molecule has 0 radical (unpaired) electrons. The molecule has 1 saturated carbocycles. The van der Waals surface area contributed by atoms with E-state index in [-0.39, 0.29) is 21.2 Å². The zero-order valence-corrected chi connectivity index (χ0v) is 13.8. The van der Waals surface area contributed by atoms with E-state index >= 15 is 0 Å². The molecule has 0 saturated heterocycles. The van der Waals surface area contributed by atoms with Crippen LogP contribution >= 0.6 is 11.3 Å². The van der Waals surface area contributed by atoms with Crippen molar-refractivity contribution in [2.75, 3.05) is 11.8 Å². The lowest BCUT2D eigenvalue weighted by Crippen LogP contribution is -2.13. The number of benzene rings is 1. The number of methoxy groups -OCH3 is 1. The maximum Gasteiger partial charge on any atom is 0.335 e. The average Bonchev–Trinajstić information content (AvgIpc) is 3.23. The summed E-state index contributed by atoms with van der Waals surface area (Å²) in [7, 11) is -2.46. The molecule has 0 aliphatic heterocycles. The summed E-state index contributed by atoms with van der Waals surface area (Å²) in [6.07, 6.45) is 3.40. The van der Waals surface area contributed by atoms with Gasteiger partial charge in [0, 0.05) is 5.92 Å². The van der Waals surface area contributed by atoms with Crippen molar-refractivity contribution in [3.8, 4) is 5.75 Å². The van der Waals surface area contributed by atoms with E-state index in [1.807, 2.05) is 0 Å². The average molecular weight is 354 g/mol. The highest BCUT2D eigenvalue weighted by Crippen LogP contribution is 2.42. The van der Waals surface area contributed by atoms with Gasteiger partial charge in [0.1, 0.15) is 5.75 Å². The van der Waals surface area contributed by atoms with E-state index in [2.05, 4.69) is 9.71 Å². The van der Waals surface area contributed by atoms with Gasteiger partial charge in [-0.1, -0.05) is 0 Å². The Kier molecular flexibility index (Phi) is 3.99. The molecule has 0 amide bonds. The van der Waals surface area contributed by atoms with Crippen LogP contribution in [0.2, 0.25) is 0 Å². The topological polar surface area (TPSA) is 106 Å². The third-order valence-corrected chi connectivity index (χ3v) is 6.37. The van der Waals surface area contributed by atoms with Gasteiger partial charge in [0.2, 0.25) is 0 Å². The van der Waals surface area contributed by atoms with Crippen LogP contribution in [0.4, 0.5) is 5.69 Å². The standard InChI is InChI=1S/C14H14N2O5S2/c1-21-11-5-4-9(14(17)18)6-10(11)16-23(19,20)12-7-15-13(22-12)8-2-3-8/h4-8,16H,2-3H2,1H3,(H,17,18). The lowest BCUT2D eigenvalue weighted by Gasteiger charge is -2.11. The number of carboxylic acid groups (broad SMARTS) is 1. The Labute approximate surface area is 137 Å². The van der Waals surface area contributed by atoms with Crippen molar-refractivity contribution in [3.63, 3.8) is 0 Å². The van der Waals surface area contributed by atoms with Crippen LogP contribution in [0, 0.1) is 0 Å². The summed E-state index contributed by atoms with van der Waals surface area (Å²) in [6.45, 7) is 0. The lowest BCUT2D eigenvalue weighted by molar-refractivity contribution is 0.0697. The van der Waals surface area contributed by atoms with Gasteiger partial charge in [-0.05, 0) is 31.0 Å². The molecule has 2 aromatic rings. The summed E-state index contributed by atoms with van der Waals surface area (Å²) in [4.78, 5) is 15.2. The maximum atomic E-state index is 12.5. The highest BCUT2D eigenvalue weighted by atomic mass is 32.2. The Morgan fingerprint density at radius 1 is 1.43 bits per heavy atom. The molecule has 122 valence electrons. The zero-order chi connectivity index (χ0) is 16.6. The number of nitrogens with zero attached hydrogens (tertiary/aromatic N) is 1. The molecule has 0 spiro atoms. The second kappa shape index (κ2) is 5.82. The summed E-state index contributed by atoms with van der Waals surface area (Å²) >= 11 is 1.13. The first-order chi connectivity index (χ1) is 10.9. The van der Waals surface area contributed by atoms with Gasteiger partial charge in [-0.25, -0.2) is 18.2 Å². The molecular formula is C14H14N2O5S2. The van der Waals surface area contributed by atoms with E-state index in [1.54, 1.807) is 0 Å². The second-order valence-electron chi connectivity index (χ2n) is 5.12.